The van der Waals surface area contributed by atoms with E-state index in [4.69, 9.17) is 0 Å². The monoisotopic (exact) mass is 405 g/mol. The number of amides is 1. The molecule has 1 aliphatic heterocycles. The van der Waals surface area contributed by atoms with Gasteiger partial charge in [0.25, 0.3) is 5.91 Å². The van der Waals surface area contributed by atoms with Gasteiger partial charge in [0.2, 0.25) is 10.0 Å². The molecule has 0 atom stereocenters. The summed E-state index contributed by atoms with van der Waals surface area (Å²) >= 11 is 3.32. The highest BCUT2D eigenvalue weighted by atomic mass is 79.9. The maximum Gasteiger partial charge on any atom is 0.266 e. The highest BCUT2D eigenvalue weighted by Crippen LogP contribution is 2.22. The van der Waals surface area contributed by atoms with Gasteiger partial charge in [-0.1, -0.05) is 0 Å². The summed E-state index contributed by atoms with van der Waals surface area (Å²) < 4.78 is 26.1. The van der Waals surface area contributed by atoms with E-state index in [1.54, 1.807) is 6.07 Å². The quantitative estimate of drug-likeness (QED) is 0.685. The summed E-state index contributed by atoms with van der Waals surface area (Å²) in [4.78, 5) is 14.0. The van der Waals surface area contributed by atoms with Crippen LogP contribution < -0.4 is 10.3 Å². The minimum atomic E-state index is -3.57. The first-order valence-corrected chi connectivity index (χ1v) is 9.54. The van der Waals surface area contributed by atoms with Crippen LogP contribution in [0.2, 0.25) is 0 Å². The van der Waals surface area contributed by atoms with Crippen LogP contribution in [0.3, 0.4) is 0 Å². The number of piperazine rings is 1. The number of nitrogens with zero attached hydrogens (tertiary/aromatic N) is 2. The van der Waals surface area contributed by atoms with Crippen LogP contribution in [0.1, 0.15) is 10.4 Å². The van der Waals surface area contributed by atoms with Crippen LogP contribution in [0.15, 0.2) is 27.6 Å². The first kappa shape index (κ1) is 18.3. The molecule has 1 heterocycles. The number of hydrogen-bond donors (Lipinski definition) is 2. The first-order valence-electron chi connectivity index (χ1n) is 7.31. The molecule has 0 unspecified atom stereocenters. The molecule has 0 aromatic heterocycles. The molecule has 128 valence electrons. The molecule has 1 fully saturated rings. The van der Waals surface area contributed by atoms with Crippen molar-refractivity contribution in [3.8, 4) is 0 Å². The zero-order valence-corrected chi connectivity index (χ0v) is 15.9. The maximum absolute atomic E-state index is 12.5. The van der Waals surface area contributed by atoms with Crippen molar-refractivity contribution in [2.24, 2.45) is 0 Å². The molecule has 0 bridgehead atoms. The van der Waals surface area contributed by atoms with E-state index in [0.29, 0.717) is 10.0 Å². The van der Waals surface area contributed by atoms with Crippen molar-refractivity contribution in [1.29, 1.82) is 0 Å². The van der Waals surface area contributed by atoms with Crippen molar-refractivity contribution in [1.82, 2.24) is 14.7 Å². The van der Waals surface area contributed by atoms with Crippen molar-refractivity contribution < 1.29 is 18.1 Å². The number of quaternary nitrogens is 1. The summed E-state index contributed by atoms with van der Waals surface area (Å²) in [6, 6.07) is 4.46. The van der Waals surface area contributed by atoms with Gasteiger partial charge in [-0.25, -0.2) is 17.7 Å². The van der Waals surface area contributed by atoms with Gasteiger partial charge in [-0.05, 0) is 34.1 Å². The summed E-state index contributed by atoms with van der Waals surface area (Å²) in [6.45, 7) is 3.45. The van der Waals surface area contributed by atoms with E-state index in [1.165, 1.54) is 31.1 Å². The van der Waals surface area contributed by atoms with E-state index in [1.807, 2.05) is 5.01 Å². The smallest absolute Gasteiger partial charge is 0.266 e. The molecule has 1 aliphatic rings. The minimum absolute atomic E-state index is 0.0960. The van der Waals surface area contributed by atoms with Crippen LogP contribution in [0.5, 0.6) is 0 Å². The van der Waals surface area contributed by atoms with Crippen LogP contribution in [0.4, 0.5) is 0 Å². The fourth-order valence-electron chi connectivity index (χ4n) is 2.25. The van der Waals surface area contributed by atoms with Crippen molar-refractivity contribution in [3.05, 3.63) is 28.2 Å². The Kier molecular flexibility index (Phi) is 5.79. The number of nitrogens with one attached hydrogen (secondary N) is 2. The van der Waals surface area contributed by atoms with E-state index in [0.717, 1.165) is 30.5 Å². The highest BCUT2D eigenvalue weighted by Gasteiger charge is 2.23. The largest absolute Gasteiger partial charge is 0.335 e. The Morgan fingerprint density at radius 3 is 2.48 bits per heavy atom. The van der Waals surface area contributed by atoms with Crippen LogP contribution in [0.25, 0.3) is 0 Å². The lowest BCUT2D eigenvalue weighted by molar-refractivity contribution is -0.884. The van der Waals surface area contributed by atoms with Crippen molar-refractivity contribution in [2.75, 3.05) is 47.3 Å². The molecule has 7 nitrogen and oxygen atoms in total. The number of likely N-dealkylation sites (N-methyl/N-ethyl adjacent to an activating group) is 1. The topological polar surface area (TPSA) is 74.2 Å². The molecule has 0 saturated carbocycles. The van der Waals surface area contributed by atoms with Crippen molar-refractivity contribution >= 4 is 31.9 Å². The molecule has 1 amide bonds. The van der Waals surface area contributed by atoms with Crippen LogP contribution in [0, 0.1) is 0 Å². The fraction of sp³-hybridized carbons (Fsp3) is 0.500. The number of hydrogen-bond acceptors (Lipinski definition) is 4. The third kappa shape index (κ3) is 4.30. The van der Waals surface area contributed by atoms with Gasteiger partial charge in [-0.3, -0.25) is 10.2 Å². The molecule has 2 N–H and O–H groups in total. The zero-order valence-electron chi connectivity index (χ0n) is 13.5. The molecular weight excluding hydrogens is 384 g/mol. The summed E-state index contributed by atoms with van der Waals surface area (Å²) in [6.07, 6.45) is 0. The van der Waals surface area contributed by atoms with Gasteiger partial charge in [-0.2, -0.15) is 0 Å². The molecule has 9 heteroatoms. The second-order valence-electron chi connectivity index (χ2n) is 5.81. The molecule has 1 saturated heterocycles. The number of benzene rings is 1. The predicted molar refractivity (Wildman–Crippen MR) is 90.7 cm³/mol. The Hall–Kier alpha value is -1.00. The summed E-state index contributed by atoms with van der Waals surface area (Å²) in [7, 11) is 1.47. The van der Waals surface area contributed by atoms with Gasteiger partial charge in [0.05, 0.1) is 43.7 Å². The van der Waals surface area contributed by atoms with Gasteiger partial charge >= 0.3 is 0 Å². The van der Waals surface area contributed by atoms with Gasteiger partial charge in [-0.15, -0.1) is 0 Å². The van der Waals surface area contributed by atoms with Crippen molar-refractivity contribution in [2.45, 2.75) is 4.90 Å². The number of hydrazine groups is 1. The molecule has 0 aliphatic carbocycles. The number of rotatable bonds is 4. The Labute approximate surface area is 145 Å². The Balaban J connectivity index is 2.20. The second kappa shape index (κ2) is 7.27. The Morgan fingerprint density at radius 2 is 1.91 bits per heavy atom. The first-order chi connectivity index (χ1) is 10.7. The Morgan fingerprint density at radius 1 is 1.30 bits per heavy atom. The minimum Gasteiger partial charge on any atom is -0.335 e. The van der Waals surface area contributed by atoms with E-state index in [-0.39, 0.29) is 10.8 Å². The van der Waals surface area contributed by atoms with Gasteiger partial charge < -0.3 is 4.90 Å². The summed E-state index contributed by atoms with van der Waals surface area (Å²) in [5, 5.41) is 1.87. The molecule has 0 spiro atoms. The zero-order chi connectivity index (χ0) is 17.2. The lowest BCUT2D eigenvalue weighted by atomic mass is 10.2. The lowest BCUT2D eigenvalue weighted by Gasteiger charge is -2.30. The average molecular weight is 406 g/mol. The highest BCUT2D eigenvalue weighted by molar-refractivity contribution is 9.10. The van der Waals surface area contributed by atoms with Crippen LogP contribution in [-0.2, 0) is 10.0 Å². The van der Waals surface area contributed by atoms with Gasteiger partial charge in [0.15, 0.2) is 0 Å². The standard InChI is InChI=1S/C14H21BrN4O3S/c1-17(2)23(21,22)11-4-5-13(15)12(10-11)14(20)16-19-8-6-18(3)7-9-19/h4-5,10H,6-9H2,1-3H3,(H,16,20)/p+1. The number of halogens is 1. The lowest BCUT2D eigenvalue weighted by Crippen LogP contribution is -3.12. The Bertz CT molecular complexity index is 685. The normalized spacial score (nSPS) is 17.4. The van der Waals surface area contributed by atoms with Gasteiger partial charge in [0.1, 0.15) is 0 Å². The predicted octanol–water partition coefficient (Wildman–Crippen LogP) is -0.825. The molecule has 1 aromatic carbocycles. The summed E-state index contributed by atoms with van der Waals surface area (Å²) in [5.74, 6) is -0.313. The third-order valence-electron chi connectivity index (χ3n) is 3.84. The van der Waals surface area contributed by atoms with E-state index < -0.39 is 10.0 Å². The van der Waals surface area contributed by atoms with Crippen molar-refractivity contribution in [3.63, 3.8) is 0 Å². The van der Waals surface area contributed by atoms with Crippen LogP contribution >= 0.6 is 15.9 Å². The molecule has 1 aromatic rings. The van der Waals surface area contributed by atoms with Gasteiger partial charge in [0, 0.05) is 18.6 Å². The van der Waals surface area contributed by atoms with E-state index in [2.05, 4.69) is 28.4 Å². The third-order valence-corrected chi connectivity index (χ3v) is 6.34. The molecule has 2 rings (SSSR count). The SMILES string of the molecule is CN(C)S(=O)(=O)c1ccc(Br)c(C(=O)NN2CC[NH+](C)CC2)c1. The fourth-order valence-corrected chi connectivity index (χ4v) is 3.61. The van der Waals surface area contributed by atoms with Crippen LogP contribution in [-0.4, -0.2) is 71.0 Å². The molecule has 0 radical (unpaired) electrons. The average Bonchev–Trinajstić information content (AvgIpc) is 2.49. The number of sulfonamides is 1. The molecular formula is C14H22BrN4O3S+. The summed E-state index contributed by atoms with van der Waals surface area (Å²) in [5.41, 5.74) is 3.15. The number of carbonyl (C=O) groups is 1. The number of carbonyl (C=O) groups excluding carboxylic acids is 1. The maximum atomic E-state index is 12.5. The molecule has 23 heavy (non-hydrogen) atoms. The van der Waals surface area contributed by atoms with E-state index in [9.17, 15) is 13.2 Å². The van der Waals surface area contributed by atoms with E-state index >= 15 is 0 Å². The second-order valence-corrected chi connectivity index (χ2v) is 8.82.